The number of benzene rings is 1. The van der Waals surface area contributed by atoms with Crippen LogP contribution < -0.4 is 15.8 Å². The van der Waals surface area contributed by atoms with Crippen molar-refractivity contribution in [2.45, 2.75) is 39.7 Å². The van der Waals surface area contributed by atoms with E-state index in [1.165, 1.54) is 14.0 Å². The van der Waals surface area contributed by atoms with Gasteiger partial charge < -0.3 is 30.5 Å². The first-order valence-electron chi connectivity index (χ1n) is 12.5. The molecule has 3 rings (SSSR count). The Kier molecular flexibility index (Phi) is 10.1. The molecule has 0 aliphatic carbocycles. The third-order valence-corrected chi connectivity index (χ3v) is 6.80. The first-order chi connectivity index (χ1) is 18.0. The molecule has 1 amide bonds. The van der Waals surface area contributed by atoms with E-state index in [4.69, 9.17) is 36.8 Å². The molecule has 1 saturated heterocycles. The van der Waals surface area contributed by atoms with Crippen LogP contribution in [-0.2, 0) is 16.0 Å². The number of aromatic nitrogens is 2. The second-order valence-electron chi connectivity index (χ2n) is 9.53. The number of allylic oxidation sites excluding steroid dienone is 2. The van der Waals surface area contributed by atoms with Crippen LogP contribution >= 0.6 is 11.6 Å². The molecule has 2 aromatic rings. The number of hydrogen-bond acceptors (Lipinski definition) is 9. The number of hydrogen-bond donors (Lipinski definition) is 3. The van der Waals surface area contributed by atoms with Gasteiger partial charge in [0.1, 0.15) is 18.5 Å². The van der Waals surface area contributed by atoms with Crippen molar-refractivity contribution >= 4 is 29.1 Å². The number of ether oxygens (including phenoxy) is 2. The monoisotopic (exact) mass is 545 g/mol. The van der Waals surface area contributed by atoms with Gasteiger partial charge in [-0.3, -0.25) is 4.79 Å². The molecule has 2 heterocycles. The highest BCUT2D eigenvalue weighted by Crippen LogP contribution is 2.33. The number of Topliss-reactive ketones (excluding diaryl/α,β-unsaturated/α-hetero) is 1. The lowest BCUT2D eigenvalue weighted by Crippen LogP contribution is -2.50. The molecule has 1 fully saturated rings. The summed E-state index contributed by atoms with van der Waals surface area (Å²) in [4.78, 5) is 35.5. The fraction of sp³-hybridized carbons (Fsp3) is 0.481. The quantitative estimate of drug-likeness (QED) is 0.363. The van der Waals surface area contributed by atoms with Crippen molar-refractivity contribution in [1.82, 2.24) is 20.2 Å². The molecule has 1 atom stereocenters. The number of carbonyl (C=O) groups is 2. The minimum Gasteiger partial charge on any atom is -0.491 e. The molecular weight excluding hydrogens is 510 g/mol. The van der Waals surface area contributed by atoms with Crippen molar-refractivity contribution in [2.24, 2.45) is 11.7 Å². The van der Waals surface area contributed by atoms with Gasteiger partial charge >= 0.3 is 6.09 Å². The highest BCUT2D eigenvalue weighted by atomic mass is 35.5. The molecule has 0 radical (unpaired) electrons. The summed E-state index contributed by atoms with van der Waals surface area (Å²) < 4.78 is 10.5. The molecule has 1 aromatic heterocycles. The molecule has 38 heavy (non-hydrogen) atoms. The average molecular weight is 546 g/mol. The number of nitrogens with one attached hydrogen (secondary N) is 1. The molecule has 0 saturated carbocycles. The number of rotatable bonds is 11. The summed E-state index contributed by atoms with van der Waals surface area (Å²) in [6, 6.07) is 5.12. The zero-order valence-corrected chi connectivity index (χ0v) is 23.3. The van der Waals surface area contributed by atoms with E-state index in [-0.39, 0.29) is 18.5 Å². The fourth-order valence-electron chi connectivity index (χ4n) is 4.43. The van der Waals surface area contributed by atoms with Crippen LogP contribution in [-0.4, -0.2) is 78.4 Å². The van der Waals surface area contributed by atoms with E-state index < -0.39 is 6.10 Å². The maximum absolute atomic E-state index is 12.5. The van der Waals surface area contributed by atoms with Crippen LogP contribution in [0.4, 0.5) is 4.79 Å². The van der Waals surface area contributed by atoms with Crippen molar-refractivity contribution < 1.29 is 24.2 Å². The van der Waals surface area contributed by atoms with Gasteiger partial charge in [-0.1, -0.05) is 11.6 Å². The van der Waals surface area contributed by atoms with E-state index in [1.54, 1.807) is 37.1 Å². The number of methoxy groups -OCH3 is 1. The Morgan fingerprint density at radius 2 is 2.00 bits per heavy atom. The Labute approximate surface area is 228 Å². The van der Waals surface area contributed by atoms with Crippen molar-refractivity contribution in [3.05, 3.63) is 45.9 Å². The Hall–Kier alpha value is -3.21. The summed E-state index contributed by atoms with van der Waals surface area (Å²) in [6.45, 7) is 6.76. The lowest BCUT2D eigenvalue weighted by Gasteiger charge is -2.38. The van der Waals surface area contributed by atoms with Gasteiger partial charge in [0.05, 0.1) is 23.4 Å². The zero-order valence-electron chi connectivity index (χ0n) is 22.5. The number of halogens is 1. The summed E-state index contributed by atoms with van der Waals surface area (Å²) in [6.07, 6.45) is 0.414. The Morgan fingerprint density at radius 3 is 2.61 bits per heavy atom. The molecule has 0 bridgehead atoms. The maximum atomic E-state index is 12.5. The van der Waals surface area contributed by atoms with Crippen LogP contribution in [0, 0.1) is 12.8 Å². The lowest BCUT2D eigenvalue weighted by atomic mass is 9.92. The van der Waals surface area contributed by atoms with E-state index >= 15 is 0 Å². The molecule has 11 heteroatoms. The predicted molar refractivity (Wildman–Crippen MR) is 146 cm³/mol. The van der Waals surface area contributed by atoms with Gasteiger partial charge in [0, 0.05) is 36.6 Å². The third-order valence-electron chi connectivity index (χ3n) is 6.47. The lowest BCUT2D eigenvalue weighted by molar-refractivity contribution is -0.111. The van der Waals surface area contributed by atoms with Crippen molar-refractivity contribution in [1.29, 1.82) is 0 Å². The number of nitrogens with zero attached hydrogens (tertiary/aromatic N) is 3. The highest BCUT2D eigenvalue weighted by Gasteiger charge is 2.31. The Morgan fingerprint density at radius 1 is 1.29 bits per heavy atom. The van der Waals surface area contributed by atoms with Crippen molar-refractivity contribution in [3.8, 4) is 17.1 Å². The normalized spacial score (nSPS) is 15.0. The number of likely N-dealkylation sites (tertiary alicyclic amines) is 1. The Bertz CT molecular complexity index is 1210. The van der Waals surface area contributed by atoms with Gasteiger partial charge in [-0.05, 0) is 70.3 Å². The fourth-order valence-corrected chi connectivity index (χ4v) is 4.63. The molecule has 1 aliphatic heterocycles. The predicted octanol–water partition coefficient (Wildman–Crippen LogP) is 2.97. The number of likely N-dealkylation sites (N-methyl/N-ethyl adjacent to an activating group) is 1. The van der Waals surface area contributed by atoms with E-state index in [0.29, 0.717) is 71.1 Å². The average Bonchev–Trinajstić information content (AvgIpc) is 2.84. The minimum absolute atomic E-state index is 0.0980. The topological polar surface area (TPSA) is 140 Å². The van der Waals surface area contributed by atoms with Gasteiger partial charge in [0.2, 0.25) is 0 Å². The van der Waals surface area contributed by atoms with E-state index in [0.717, 1.165) is 17.7 Å². The summed E-state index contributed by atoms with van der Waals surface area (Å²) in [5.41, 5.74) is 9.36. The van der Waals surface area contributed by atoms with E-state index in [1.807, 2.05) is 6.92 Å². The van der Waals surface area contributed by atoms with Crippen LogP contribution in [0.2, 0.25) is 5.02 Å². The van der Waals surface area contributed by atoms with Crippen LogP contribution in [0.5, 0.6) is 5.75 Å². The smallest absolute Gasteiger partial charge is 0.409 e. The standard InChI is InChI=1S/C27H36ClN5O5/c1-15-23(9-6-18-12-33(13-18)27(36)37-5)31-26(32-25(15)24(16(2)29)17(3)34)21-10-20(7-8-22(21)28)38-14-19(35)11-30-4/h7-8,10,18-19,30,35H,6,9,11-14,29H2,1-5H3/t19-/m1/s1. The Balaban J connectivity index is 1.97. The van der Waals surface area contributed by atoms with E-state index in [2.05, 4.69) is 5.32 Å². The SMILES string of the molecule is CNC[C@@H](O)COc1ccc(Cl)c(-c2nc(CCC3CN(C(=O)OC)C3)c(C)c(C(C(C)=O)=C(C)N)n2)c1. The largest absolute Gasteiger partial charge is 0.491 e. The van der Waals surface area contributed by atoms with Gasteiger partial charge in [-0.2, -0.15) is 0 Å². The van der Waals surface area contributed by atoms with Crippen molar-refractivity contribution in [3.63, 3.8) is 0 Å². The number of ketones is 1. The molecule has 0 spiro atoms. The van der Waals surface area contributed by atoms with Crippen LogP contribution in [0.25, 0.3) is 17.0 Å². The second kappa shape index (κ2) is 13.0. The number of amides is 1. The first-order valence-corrected chi connectivity index (χ1v) is 12.9. The molecule has 0 unspecified atom stereocenters. The van der Waals surface area contributed by atoms with Crippen LogP contribution in [0.15, 0.2) is 23.9 Å². The molecule has 206 valence electrons. The summed E-state index contributed by atoms with van der Waals surface area (Å²) >= 11 is 6.56. The van der Waals surface area contributed by atoms with Crippen molar-refractivity contribution in [2.75, 3.05) is 40.4 Å². The van der Waals surface area contributed by atoms with Gasteiger partial charge in [0.25, 0.3) is 0 Å². The molecule has 1 aliphatic rings. The molecule has 1 aromatic carbocycles. The number of aliphatic hydroxyl groups excluding tert-OH is 1. The molecule has 10 nitrogen and oxygen atoms in total. The summed E-state index contributed by atoms with van der Waals surface area (Å²) in [5.74, 6) is 0.968. The number of nitrogens with two attached hydrogens (primary N) is 1. The number of aliphatic hydroxyl groups is 1. The summed E-state index contributed by atoms with van der Waals surface area (Å²) in [5, 5.41) is 13.3. The second-order valence-corrected chi connectivity index (χ2v) is 9.93. The third kappa shape index (κ3) is 7.00. The first kappa shape index (κ1) is 29.3. The van der Waals surface area contributed by atoms with Crippen LogP contribution in [0.1, 0.15) is 37.2 Å². The van der Waals surface area contributed by atoms with Crippen LogP contribution in [0.3, 0.4) is 0 Å². The molecular formula is C27H36ClN5O5. The van der Waals surface area contributed by atoms with Gasteiger partial charge in [-0.15, -0.1) is 0 Å². The van der Waals surface area contributed by atoms with E-state index in [9.17, 15) is 14.7 Å². The number of carbonyl (C=O) groups excluding carboxylic acids is 2. The molecule has 4 N–H and O–H groups in total. The maximum Gasteiger partial charge on any atom is 0.409 e. The highest BCUT2D eigenvalue weighted by molar-refractivity contribution is 6.33. The van der Waals surface area contributed by atoms with Gasteiger partial charge in [0.15, 0.2) is 11.6 Å². The van der Waals surface area contributed by atoms with Gasteiger partial charge in [-0.25, -0.2) is 14.8 Å². The minimum atomic E-state index is -0.676. The number of aryl methyl sites for hydroxylation is 1. The zero-order chi connectivity index (χ0) is 28.0. The summed E-state index contributed by atoms with van der Waals surface area (Å²) in [7, 11) is 3.12.